The molecule has 1 heterocycles. The van der Waals surface area contributed by atoms with Gasteiger partial charge in [-0.15, -0.1) is 0 Å². The molecule has 118 valence electrons. The Labute approximate surface area is 131 Å². The van der Waals surface area contributed by atoms with Gasteiger partial charge >= 0.3 is 18.0 Å². The van der Waals surface area contributed by atoms with E-state index in [4.69, 9.17) is 16.7 Å². The number of carboxylic acid groups (broad SMARTS) is 1. The predicted octanol–water partition coefficient (Wildman–Crippen LogP) is 2.06. The first-order chi connectivity index (χ1) is 10.4. The second kappa shape index (κ2) is 6.65. The van der Waals surface area contributed by atoms with Gasteiger partial charge in [-0.25, -0.2) is 9.59 Å². The summed E-state index contributed by atoms with van der Waals surface area (Å²) in [7, 11) is 1.24. The molecule has 2 amide bonds. The fraction of sp³-hybridized carbons (Fsp3) is 0.357. The van der Waals surface area contributed by atoms with Crippen molar-refractivity contribution in [3.8, 4) is 0 Å². The lowest BCUT2D eigenvalue weighted by Crippen LogP contribution is -2.34. The van der Waals surface area contributed by atoms with E-state index >= 15 is 0 Å². The Morgan fingerprint density at radius 3 is 2.73 bits per heavy atom. The van der Waals surface area contributed by atoms with Crippen molar-refractivity contribution in [1.82, 2.24) is 4.90 Å². The number of methoxy groups -OCH3 is 1. The van der Waals surface area contributed by atoms with Gasteiger partial charge in [-0.2, -0.15) is 0 Å². The van der Waals surface area contributed by atoms with E-state index in [1.165, 1.54) is 30.2 Å². The summed E-state index contributed by atoms with van der Waals surface area (Å²) in [6.07, 6.45) is 0.405. The van der Waals surface area contributed by atoms with Crippen molar-refractivity contribution in [2.45, 2.75) is 6.42 Å². The van der Waals surface area contributed by atoms with E-state index in [1.807, 2.05) is 0 Å². The number of rotatable bonds is 3. The third kappa shape index (κ3) is 3.48. The number of urea groups is 1. The molecule has 1 aliphatic rings. The maximum absolute atomic E-state index is 12.2. The average molecular weight is 327 g/mol. The Kier molecular flexibility index (Phi) is 4.87. The molecule has 1 unspecified atom stereocenters. The van der Waals surface area contributed by atoms with E-state index in [9.17, 15) is 14.4 Å². The molecule has 0 spiro atoms. The first-order valence-corrected chi connectivity index (χ1v) is 6.96. The van der Waals surface area contributed by atoms with E-state index in [-0.39, 0.29) is 17.8 Å². The molecule has 1 atom stereocenters. The lowest BCUT2D eigenvalue weighted by Gasteiger charge is -2.18. The highest BCUT2D eigenvalue weighted by Crippen LogP contribution is 2.23. The molecule has 1 aromatic carbocycles. The van der Waals surface area contributed by atoms with Crippen molar-refractivity contribution in [1.29, 1.82) is 0 Å². The maximum atomic E-state index is 12.2. The molecule has 1 fully saturated rings. The number of nitrogens with zero attached hydrogens (tertiary/aromatic N) is 1. The van der Waals surface area contributed by atoms with Crippen molar-refractivity contribution in [3.63, 3.8) is 0 Å². The monoisotopic (exact) mass is 326 g/mol. The summed E-state index contributed by atoms with van der Waals surface area (Å²) in [6, 6.07) is 3.93. The highest BCUT2D eigenvalue weighted by atomic mass is 35.5. The van der Waals surface area contributed by atoms with Gasteiger partial charge < -0.3 is 20.1 Å². The normalized spacial score (nSPS) is 17.2. The standard InChI is InChI=1S/C14H15ClN2O5/c1-22-13(20)10-3-2-9(15)6-11(10)16-14(21)17-5-4-8(7-17)12(18)19/h2-3,6,8H,4-5,7H2,1H3,(H,16,21)(H,18,19). The number of amides is 2. The topological polar surface area (TPSA) is 95.9 Å². The molecule has 2 N–H and O–H groups in total. The van der Waals surface area contributed by atoms with Crippen LogP contribution in [0.4, 0.5) is 10.5 Å². The van der Waals surface area contributed by atoms with Gasteiger partial charge in [0.05, 0.1) is 24.3 Å². The average Bonchev–Trinajstić information content (AvgIpc) is 2.97. The SMILES string of the molecule is COC(=O)c1ccc(Cl)cc1NC(=O)N1CCC(C(=O)O)C1. The van der Waals surface area contributed by atoms with Crippen molar-refractivity contribution in [2.75, 3.05) is 25.5 Å². The molecular formula is C14H15ClN2O5. The van der Waals surface area contributed by atoms with E-state index in [1.54, 1.807) is 0 Å². The summed E-state index contributed by atoms with van der Waals surface area (Å²) in [5, 5.41) is 11.9. The second-order valence-corrected chi connectivity index (χ2v) is 5.32. The number of esters is 1. The van der Waals surface area contributed by atoms with Crippen LogP contribution in [0, 0.1) is 5.92 Å². The lowest BCUT2D eigenvalue weighted by atomic mass is 10.1. The Bertz CT molecular complexity index is 619. The van der Waals surface area contributed by atoms with Crippen LogP contribution in [0.15, 0.2) is 18.2 Å². The van der Waals surface area contributed by atoms with E-state index < -0.39 is 23.9 Å². The van der Waals surface area contributed by atoms with Crippen LogP contribution in [-0.4, -0.2) is 48.2 Å². The summed E-state index contributed by atoms with van der Waals surface area (Å²) in [5.74, 6) is -2.09. The van der Waals surface area contributed by atoms with Crippen molar-refractivity contribution in [3.05, 3.63) is 28.8 Å². The first-order valence-electron chi connectivity index (χ1n) is 6.59. The number of ether oxygens (including phenoxy) is 1. The minimum atomic E-state index is -0.923. The van der Waals surface area contributed by atoms with Gasteiger partial charge in [-0.3, -0.25) is 4.79 Å². The molecule has 2 rings (SSSR count). The number of carbonyl (C=O) groups excluding carboxylic acids is 2. The third-order valence-corrected chi connectivity index (χ3v) is 3.69. The highest BCUT2D eigenvalue weighted by molar-refractivity contribution is 6.31. The number of hydrogen-bond acceptors (Lipinski definition) is 4. The van der Waals surface area contributed by atoms with Crippen LogP contribution in [0.25, 0.3) is 0 Å². The van der Waals surface area contributed by atoms with Gasteiger partial charge in [0.25, 0.3) is 0 Å². The van der Waals surface area contributed by atoms with Crippen molar-refractivity contribution in [2.24, 2.45) is 5.92 Å². The molecular weight excluding hydrogens is 312 g/mol. The molecule has 0 aliphatic carbocycles. The van der Waals surface area contributed by atoms with Gasteiger partial charge in [0.15, 0.2) is 0 Å². The number of benzene rings is 1. The van der Waals surface area contributed by atoms with E-state index in [2.05, 4.69) is 10.1 Å². The number of carbonyl (C=O) groups is 3. The van der Waals surface area contributed by atoms with Crippen LogP contribution < -0.4 is 5.32 Å². The zero-order valence-corrected chi connectivity index (χ0v) is 12.6. The molecule has 22 heavy (non-hydrogen) atoms. The molecule has 0 radical (unpaired) electrons. The highest BCUT2D eigenvalue weighted by Gasteiger charge is 2.31. The zero-order valence-electron chi connectivity index (χ0n) is 11.8. The van der Waals surface area contributed by atoms with Crippen molar-refractivity contribution >= 4 is 35.3 Å². The Hall–Kier alpha value is -2.28. The molecule has 1 aliphatic heterocycles. The summed E-state index contributed by atoms with van der Waals surface area (Å²) >= 11 is 5.88. The molecule has 1 aromatic rings. The number of halogens is 1. The van der Waals surface area contributed by atoms with E-state index in [0.29, 0.717) is 18.0 Å². The number of carboxylic acids is 1. The van der Waals surface area contributed by atoms with Crippen LogP contribution in [0.3, 0.4) is 0 Å². The number of nitrogens with one attached hydrogen (secondary N) is 1. The van der Waals surface area contributed by atoms with Crippen LogP contribution >= 0.6 is 11.6 Å². The smallest absolute Gasteiger partial charge is 0.339 e. The first kappa shape index (κ1) is 16.1. The summed E-state index contributed by atoms with van der Waals surface area (Å²) in [5.41, 5.74) is 0.400. The van der Waals surface area contributed by atoms with E-state index in [0.717, 1.165) is 0 Å². The lowest BCUT2D eigenvalue weighted by molar-refractivity contribution is -0.141. The van der Waals surface area contributed by atoms with Crippen LogP contribution in [0.1, 0.15) is 16.8 Å². The van der Waals surface area contributed by atoms with Crippen LogP contribution in [0.2, 0.25) is 5.02 Å². The Morgan fingerprint density at radius 1 is 1.41 bits per heavy atom. The van der Waals surface area contributed by atoms with Crippen molar-refractivity contribution < 1.29 is 24.2 Å². The largest absolute Gasteiger partial charge is 0.481 e. The van der Waals surface area contributed by atoms with Gasteiger partial charge in [-0.1, -0.05) is 11.6 Å². The summed E-state index contributed by atoms with van der Waals surface area (Å²) in [6.45, 7) is 0.478. The number of hydrogen-bond donors (Lipinski definition) is 2. The Morgan fingerprint density at radius 2 is 2.14 bits per heavy atom. The quantitative estimate of drug-likeness (QED) is 0.829. The number of aliphatic carboxylic acids is 1. The van der Waals surface area contributed by atoms with Crippen LogP contribution in [-0.2, 0) is 9.53 Å². The summed E-state index contributed by atoms with van der Waals surface area (Å²) < 4.78 is 4.65. The minimum Gasteiger partial charge on any atom is -0.481 e. The fourth-order valence-corrected chi connectivity index (χ4v) is 2.42. The zero-order chi connectivity index (χ0) is 16.3. The maximum Gasteiger partial charge on any atom is 0.339 e. The van der Waals surface area contributed by atoms with Gasteiger partial charge in [-0.05, 0) is 24.6 Å². The number of likely N-dealkylation sites (tertiary alicyclic amines) is 1. The fourth-order valence-electron chi connectivity index (χ4n) is 2.25. The number of anilines is 1. The molecule has 1 saturated heterocycles. The summed E-state index contributed by atoms with van der Waals surface area (Å²) in [4.78, 5) is 36.2. The van der Waals surface area contributed by atoms with Gasteiger partial charge in [0.2, 0.25) is 0 Å². The van der Waals surface area contributed by atoms with Gasteiger partial charge in [0.1, 0.15) is 0 Å². The van der Waals surface area contributed by atoms with Gasteiger partial charge in [0, 0.05) is 18.1 Å². The second-order valence-electron chi connectivity index (χ2n) is 4.88. The molecule has 7 nitrogen and oxygen atoms in total. The molecule has 8 heteroatoms. The third-order valence-electron chi connectivity index (χ3n) is 3.45. The Balaban J connectivity index is 2.13. The van der Waals surface area contributed by atoms with Crippen LogP contribution in [0.5, 0.6) is 0 Å². The minimum absolute atomic E-state index is 0.134. The predicted molar refractivity (Wildman–Crippen MR) is 79.1 cm³/mol. The molecule has 0 aromatic heterocycles. The molecule has 0 bridgehead atoms. The molecule has 0 saturated carbocycles.